The van der Waals surface area contributed by atoms with Crippen molar-refractivity contribution in [2.24, 2.45) is 17.5 Å². The van der Waals surface area contributed by atoms with Crippen molar-refractivity contribution in [1.82, 2.24) is 4.98 Å². The van der Waals surface area contributed by atoms with E-state index < -0.39 is 0 Å². The van der Waals surface area contributed by atoms with Gasteiger partial charge in [0.2, 0.25) is 0 Å². The van der Waals surface area contributed by atoms with Crippen LogP contribution >= 0.6 is 11.8 Å². The van der Waals surface area contributed by atoms with Crippen LogP contribution < -0.4 is 28.5 Å². The fraction of sp³-hybridized carbons (Fsp3) is 0.333. The molecule has 1 heterocycles. The Morgan fingerprint density at radius 2 is 2.20 bits per heavy atom. The molecule has 20 heavy (non-hydrogen) atoms. The molecule has 1 aliphatic carbocycles. The van der Waals surface area contributed by atoms with Crippen molar-refractivity contribution < 1.29 is 0 Å². The Kier molecular flexibility index (Phi) is 4.35. The fourth-order valence-corrected chi connectivity index (χ4v) is 2.66. The zero-order chi connectivity index (χ0) is 14.7. The zero-order valence-corrected chi connectivity index (χ0v) is 11.8. The smallest absolute Gasteiger partial charge is 0.151 e. The molecule has 8 heteroatoms. The van der Waals surface area contributed by atoms with Crippen molar-refractivity contribution >= 4 is 34.8 Å². The second kappa shape index (κ2) is 6.02. The molecule has 1 aromatic heterocycles. The topological polar surface area (TPSA) is 153 Å². The van der Waals surface area contributed by atoms with Gasteiger partial charge in [-0.05, 0) is 30.9 Å². The van der Waals surface area contributed by atoms with Crippen LogP contribution in [0.15, 0.2) is 22.7 Å². The number of nitrogens with two attached hydrogens (primary N) is 4. The Hall–Kier alpha value is -1.93. The Morgan fingerprint density at radius 3 is 2.80 bits per heavy atom. The number of hydrazine groups is 1. The highest BCUT2D eigenvalue weighted by Gasteiger charge is 2.24. The molecule has 1 aromatic rings. The second-order valence-corrected chi connectivity index (χ2v) is 5.70. The Bertz CT molecular complexity index is 551. The van der Waals surface area contributed by atoms with Gasteiger partial charge in [0.05, 0.1) is 0 Å². The largest absolute Gasteiger partial charge is 0.402 e. The average molecular weight is 293 g/mol. The maximum absolute atomic E-state index is 7.92. The predicted octanol–water partition coefficient (Wildman–Crippen LogP) is 0.896. The molecule has 0 aliphatic heterocycles. The molecule has 2 rings (SSSR count). The number of hydrogen-bond donors (Lipinski definition) is 6. The molecule has 0 radical (unpaired) electrons. The number of allylic oxidation sites excluding steroid dienone is 2. The lowest BCUT2D eigenvalue weighted by molar-refractivity contribution is 0.982. The number of anilines is 3. The fourth-order valence-electron chi connectivity index (χ4n) is 1.75. The molecule has 0 bridgehead atoms. The molecule has 0 saturated heterocycles. The van der Waals surface area contributed by atoms with E-state index in [1.807, 2.05) is 0 Å². The molecule has 10 N–H and O–H groups in total. The Labute approximate surface area is 121 Å². The van der Waals surface area contributed by atoms with E-state index in [9.17, 15) is 0 Å². The van der Waals surface area contributed by atoms with Gasteiger partial charge in [0, 0.05) is 22.1 Å². The molecule has 0 amide bonds. The van der Waals surface area contributed by atoms with Gasteiger partial charge in [-0.1, -0.05) is 0 Å². The average Bonchev–Trinajstić information content (AvgIpc) is 3.19. The van der Waals surface area contributed by atoms with Gasteiger partial charge >= 0.3 is 0 Å². The quantitative estimate of drug-likeness (QED) is 0.197. The van der Waals surface area contributed by atoms with Crippen molar-refractivity contribution in [3.8, 4) is 0 Å². The summed E-state index contributed by atoms with van der Waals surface area (Å²) in [5, 5.41) is 7.92. The van der Waals surface area contributed by atoms with Crippen LogP contribution in [0.5, 0.6) is 0 Å². The number of aromatic nitrogens is 1. The summed E-state index contributed by atoms with van der Waals surface area (Å²) in [4.78, 5) is 4.69. The Morgan fingerprint density at radius 1 is 1.50 bits per heavy atom. The minimum absolute atomic E-state index is 0.245. The summed E-state index contributed by atoms with van der Waals surface area (Å²) in [7, 11) is 0. The van der Waals surface area contributed by atoms with Crippen LogP contribution in [0.2, 0.25) is 0 Å². The number of nitrogens with zero attached hydrogens (tertiary/aromatic N) is 1. The lowest BCUT2D eigenvalue weighted by atomic mass is 10.2. The van der Waals surface area contributed by atoms with Crippen molar-refractivity contribution in [3.63, 3.8) is 0 Å². The number of thioether (sulfide) groups is 1. The summed E-state index contributed by atoms with van der Waals surface area (Å²) in [6, 6.07) is 1.68. The predicted molar refractivity (Wildman–Crippen MR) is 84.3 cm³/mol. The van der Waals surface area contributed by atoms with Crippen LogP contribution in [-0.4, -0.2) is 16.4 Å². The molecule has 1 aliphatic rings. The molecular formula is C12H19N7S. The van der Waals surface area contributed by atoms with Gasteiger partial charge in [-0.3, -0.25) is 5.84 Å². The number of nitrogens with one attached hydrogen (secondary N) is 2. The second-order valence-electron chi connectivity index (χ2n) is 4.68. The van der Waals surface area contributed by atoms with E-state index in [1.165, 1.54) is 11.8 Å². The van der Waals surface area contributed by atoms with Crippen LogP contribution in [0.25, 0.3) is 0 Å². The van der Waals surface area contributed by atoms with E-state index in [2.05, 4.69) is 10.4 Å². The van der Waals surface area contributed by atoms with Crippen molar-refractivity contribution in [1.29, 1.82) is 5.41 Å². The summed E-state index contributed by atoms with van der Waals surface area (Å²) < 4.78 is 0. The van der Waals surface area contributed by atoms with Gasteiger partial charge in [-0.25, -0.2) is 4.98 Å². The highest BCUT2D eigenvalue weighted by Crippen LogP contribution is 2.34. The van der Waals surface area contributed by atoms with Gasteiger partial charge in [0.15, 0.2) is 5.82 Å². The maximum atomic E-state index is 7.92. The third-order valence-corrected chi connectivity index (χ3v) is 4.04. The normalized spacial score (nSPS) is 15.2. The molecule has 0 unspecified atom stereocenters. The van der Waals surface area contributed by atoms with Crippen molar-refractivity contribution in [3.05, 3.63) is 17.8 Å². The van der Waals surface area contributed by atoms with E-state index >= 15 is 0 Å². The van der Waals surface area contributed by atoms with Crippen molar-refractivity contribution in [2.75, 3.05) is 22.6 Å². The first kappa shape index (κ1) is 14.5. The third kappa shape index (κ3) is 3.55. The van der Waals surface area contributed by atoms with Crippen LogP contribution in [-0.2, 0) is 0 Å². The van der Waals surface area contributed by atoms with E-state index in [-0.39, 0.29) is 5.82 Å². The summed E-state index contributed by atoms with van der Waals surface area (Å²) in [6.07, 6.45) is 3.98. The molecular weight excluding hydrogens is 274 g/mol. The summed E-state index contributed by atoms with van der Waals surface area (Å²) in [5.41, 5.74) is 21.6. The zero-order valence-electron chi connectivity index (χ0n) is 11.0. The first-order valence-corrected chi connectivity index (χ1v) is 7.19. The number of rotatable bonds is 6. The summed E-state index contributed by atoms with van der Waals surface area (Å²) >= 11 is 1.41. The molecule has 0 atom stereocenters. The third-order valence-electron chi connectivity index (χ3n) is 2.95. The molecule has 0 aromatic carbocycles. The van der Waals surface area contributed by atoms with Gasteiger partial charge in [-0.2, -0.15) is 0 Å². The van der Waals surface area contributed by atoms with Crippen molar-refractivity contribution in [2.45, 2.75) is 17.7 Å². The monoisotopic (exact) mass is 293 g/mol. The maximum Gasteiger partial charge on any atom is 0.151 e. The van der Waals surface area contributed by atoms with E-state index in [1.54, 1.807) is 12.1 Å². The lowest BCUT2D eigenvalue weighted by Crippen LogP contribution is -2.12. The minimum atomic E-state index is 0.245. The minimum Gasteiger partial charge on any atom is -0.402 e. The van der Waals surface area contributed by atoms with Gasteiger partial charge in [0.1, 0.15) is 11.5 Å². The van der Waals surface area contributed by atoms with Crippen LogP contribution in [0.3, 0.4) is 0 Å². The Balaban J connectivity index is 2.03. The van der Waals surface area contributed by atoms with Crippen LogP contribution in [0, 0.1) is 11.3 Å². The first-order valence-electron chi connectivity index (χ1n) is 6.21. The van der Waals surface area contributed by atoms with Crippen LogP contribution in [0.4, 0.5) is 17.3 Å². The molecule has 1 fully saturated rings. The van der Waals surface area contributed by atoms with Gasteiger partial charge in [-0.15, -0.1) is 11.8 Å². The van der Waals surface area contributed by atoms with Gasteiger partial charge in [0.25, 0.3) is 0 Å². The first-order chi connectivity index (χ1) is 9.51. The lowest BCUT2D eigenvalue weighted by Gasteiger charge is -2.11. The van der Waals surface area contributed by atoms with E-state index in [4.69, 9.17) is 28.5 Å². The highest BCUT2D eigenvalue weighted by molar-refractivity contribution is 8.00. The number of pyridine rings is 1. The molecule has 0 spiro atoms. The number of nitrogen functional groups attached to an aromatic ring is 3. The summed E-state index contributed by atoms with van der Waals surface area (Å²) in [5.74, 6) is 6.92. The van der Waals surface area contributed by atoms with E-state index in [0.717, 1.165) is 23.4 Å². The van der Waals surface area contributed by atoms with Crippen LogP contribution in [0.1, 0.15) is 12.8 Å². The molecule has 1 saturated carbocycles. The SMILES string of the molecule is N=C(C=C(N)C1CC1)CSc1cc(N)nc(N)c1NN. The highest BCUT2D eigenvalue weighted by atomic mass is 32.2. The summed E-state index contributed by atoms with van der Waals surface area (Å²) in [6.45, 7) is 0. The standard InChI is InChI=1S/C12H19N7S/c13-7(3-8(14)6-1-2-6)5-20-9-4-10(15)18-12(16)11(9)19-17/h3-4,6,13,19H,1-2,5,14,17H2,(H4,15,16,18). The van der Waals surface area contributed by atoms with E-state index in [0.29, 0.717) is 28.9 Å². The molecule has 108 valence electrons. The number of hydrogen-bond acceptors (Lipinski definition) is 8. The van der Waals surface area contributed by atoms with Gasteiger partial charge < -0.3 is 28.0 Å². The molecule has 7 nitrogen and oxygen atoms in total.